The summed E-state index contributed by atoms with van der Waals surface area (Å²) in [4.78, 5) is 7.59. The number of nitrogens with zero attached hydrogens (tertiary/aromatic N) is 1. The predicted octanol–water partition coefficient (Wildman–Crippen LogP) is 4.85. The van der Waals surface area contributed by atoms with E-state index in [4.69, 9.17) is 21.1 Å². The topological polar surface area (TPSA) is 59.2 Å². The minimum Gasteiger partial charge on any atom is -0.457 e. The number of nitrogens with one attached hydrogen (secondary N) is 2. The Hall–Kier alpha value is -2.24. The van der Waals surface area contributed by atoms with Crippen LogP contribution in [-0.4, -0.2) is 29.7 Å². The predicted molar refractivity (Wildman–Crippen MR) is 99.7 cm³/mol. The molecule has 130 valence electrons. The highest BCUT2D eigenvalue weighted by Crippen LogP contribution is 2.31. The Balaban J connectivity index is 1.54. The quantitative estimate of drug-likeness (QED) is 0.685. The van der Waals surface area contributed by atoms with Crippen molar-refractivity contribution in [2.45, 2.75) is 12.8 Å². The highest BCUT2D eigenvalue weighted by molar-refractivity contribution is 6.30. The van der Waals surface area contributed by atoms with Crippen molar-refractivity contribution in [3.05, 3.63) is 47.7 Å². The van der Waals surface area contributed by atoms with E-state index in [-0.39, 0.29) is 0 Å². The minimum atomic E-state index is 0.628. The third-order valence-electron chi connectivity index (χ3n) is 4.47. The molecule has 0 unspecified atom stereocenters. The van der Waals surface area contributed by atoms with E-state index in [1.807, 2.05) is 36.4 Å². The number of ether oxygens (including phenoxy) is 2. The molecule has 0 spiro atoms. The lowest BCUT2D eigenvalue weighted by atomic mass is 10.0. The number of anilines is 1. The Morgan fingerprint density at radius 1 is 1.16 bits per heavy atom. The summed E-state index contributed by atoms with van der Waals surface area (Å²) in [6, 6.07) is 11.3. The van der Waals surface area contributed by atoms with Gasteiger partial charge in [0.2, 0.25) is 0 Å². The maximum Gasteiger partial charge on any atom is 0.131 e. The van der Waals surface area contributed by atoms with Crippen LogP contribution in [0.4, 0.5) is 5.69 Å². The lowest BCUT2D eigenvalue weighted by Crippen LogP contribution is -2.22. The largest absolute Gasteiger partial charge is 0.457 e. The molecule has 0 atom stereocenters. The molecule has 0 amide bonds. The molecule has 1 aromatic heterocycles. The molecule has 1 aliphatic rings. The van der Waals surface area contributed by atoms with Gasteiger partial charge in [0.05, 0.1) is 17.5 Å². The first-order valence-corrected chi connectivity index (χ1v) is 8.88. The monoisotopic (exact) mass is 357 g/mol. The van der Waals surface area contributed by atoms with E-state index in [1.54, 1.807) is 6.33 Å². The molecule has 0 radical (unpaired) electrons. The van der Waals surface area contributed by atoms with Crippen LogP contribution in [0.2, 0.25) is 5.02 Å². The number of hydrogen-bond donors (Lipinski definition) is 2. The molecular formula is C19H20ClN3O2. The number of hydrogen-bond acceptors (Lipinski definition) is 4. The maximum atomic E-state index is 5.98. The van der Waals surface area contributed by atoms with Crippen LogP contribution >= 0.6 is 11.6 Å². The molecule has 0 bridgehead atoms. The average Bonchev–Trinajstić information content (AvgIpc) is 3.11. The molecule has 2 heterocycles. The number of fused-ring (bicyclic) bond motifs is 1. The summed E-state index contributed by atoms with van der Waals surface area (Å²) in [6.45, 7) is 2.61. The fourth-order valence-electron chi connectivity index (χ4n) is 3.06. The van der Waals surface area contributed by atoms with Crippen molar-refractivity contribution in [2.75, 3.05) is 25.1 Å². The van der Waals surface area contributed by atoms with Gasteiger partial charge in [0, 0.05) is 36.9 Å². The van der Waals surface area contributed by atoms with E-state index in [1.165, 1.54) is 0 Å². The molecule has 1 fully saturated rings. The van der Waals surface area contributed by atoms with Crippen molar-refractivity contribution < 1.29 is 9.47 Å². The van der Waals surface area contributed by atoms with Gasteiger partial charge in [0.1, 0.15) is 17.0 Å². The second kappa shape index (κ2) is 7.33. The van der Waals surface area contributed by atoms with Gasteiger partial charge in [-0.05, 0) is 43.0 Å². The molecule has 2 N–H and O–H groups in total. The Bertz CT molecular complexity index is 842. The molecule has 3 aromatic rings. The smallest absolute Gasteiger partial charge is 0.131 e. The minimum absolute atomic E-state index is 0.628. The van der Waals surface area contributed by atoms with Gasteiger partial charge in [-0.2, -0.15) is 0 Å². The third kappa shape index (κ3) is 3.89. The van der Waals surface area contributed by atoms with Crippen LogP contribution in [0.5, 0.6) is 11.5 Å². The van der Waals surface area contributed by atoms with Gasteiger partial charge in [-0.3, -0.25) is 0 Å². The van der Waals surface area contributed by atoms with E-state index >= 15 is 0 Å². The van der Waals surface area contributed by atoms with Crippen LogP contribution in [0.1, 0.15) is 12.8 Å². The van der Waals surface area contributed by atoms with E-state index in [2.05, 4.69) is 15.3 Å². The normalized spacial score (nSPS) is 15.4. The van der Waals surface area contributed by atoms with Crippen LogP contribution in [0.3, 0.4) is 0 Å². The van der Waals surface area contributed by atoms with E-state index in [9.17, 15) is 0 Å². The van der Waals surface area contributed by atoms with Gasteiger partial charge < -0.3 is 19.8 Å². The SMILES string of the molecule is Clc1ccc(Oc2cc(NCC3CCOCC3)c3nc[nH]c3c2)cc1. The Morgan fingerprint density at radius 3 is 2.76 bits per heavy atom. The highest BCUT2D eigenvalue weighted by atomic mass is 35.5. The first kappa shape index (κ1) is 16.2. The van der Waals surface area contributed by atoms with Crippen LogP contribution in [0, 0.1) is 5.92 Å². The molecule has 1 aliphatic heterocycles. The third-order valence-corrected chi connectivity index (χ3v) is 4.72. The molecule has 4 rings (SSSR count). The van der Waals surface area contributed by atoms with E-state index in [0.29, 0.717) is 10.9 Å². The van der Waals surface area contributed by atoms with Crippen molar-refractivity contribution in [3.8, 4) is 11.5 Å². The van der Waals surface area contributed by atoms with Crippen LogP contribution in [-0.2, 0) is 4.74 Å². The molecule has 6 heteroatoms. The van der Waals surface area contributed by atoms with Gasteiger partial charge in [0.25, 0.3) is 0 Å². The summed E-state index contributed by atoms with van der Waals surface area (Å²) >= 11 is 5.93. The number of halogens is 1. The number of rotatable bonds is 5. The molecule has 2 aromatic carbocycles. The molecular weight excluding hydrogens is 338 g/mol. The number of H-pyrrole nitrogens is 1. The number of benzene rings is 2. The van der Waals surface area contributed by atoms with Gasteiger partial charge in [-0.1, -0.05) is 11.6 Å². The molecule has 0 saturated carbocycles. The van der Waals surface area contributed by atoms with E-state index < -0.39 is 0 Å². The van der Waals surface area contributed by atoms with Gasteiger partial charge in [-0.25, -0.2) is 4.98 Å². The van der Waals surface area contributed by atoms with Crippen LogP contribution < -0.4 is 10.1 Å². The summed E-state index contributed by atoms with van der Waals surface area (Å²) in [7, 11) is 0. The van der Waals surface area contributed by atoms with Crippen LogP contribution in [0.15, 0.2) is 42.7 Å². The lowest BCUT2D eigenvalue weighted by Gasteiger charge is -2.22. The Labute approximate surface area is 151 Å². The molecule has 5 nitrogen and oxygen atoms in total. The molecule has 25 heavy (non-hydrogen) atoms. The first-order chi connectivity index (χ1) is 12.3. The van der Waals surface area contributed by atoms with Crippen molar-refractivity contribution in [1.82, 2.24) is 9.97 Å². The summed E-state index contributed by atoms with van der Waals surface area (Å²) in [5.41, 5.74) is 2.85. The highest BCUT2D eigenvalue weighted by Gasteiger charge is 2.15. The van der Waals surface area contributed by atoms with Crippen molar-refractivity contribution >= 4 is 28.3 Å². The zero-order valence-electron chi connectivity index (χ0n) is 13.8. The standard InChI is InChI=1S/C19H20ClN3O2/c20-14-1-3-15(4-2-14)25-16-9-17(19-18(10-16)22-12-23-19)21-11-13-5-7-24-8-6-13/h1-4,9-10,12-13,21H,5-8,11H2,(H,22,23). The van der Waals surface area contributed by atoms with Gasteiger partial charge in [0.15, 0.2) is 0 Å². The number of aromatic amines is 1. The molecule has 1 saturated heterocycles. The van der Waals surface area contributed by atoms with Gasteiger partial charge in [-0.15, -0.1) is 0 Å². The summed E-state index contributed by atoms with van der Waals surface area (Å²) in [5, 5.41) is 4.23. The van der Waals surface area contributed by atoms with Crippen molar-refractivity contribution in [1.29, 1.82) is 0 Å². The fourth-order valence-corrected chi connectivity index (χ4v) is 3.19. The summed E-state index contributed by atoms with van der Waals surface area (Å²) < 4.78 is 11.4. The van der Waals surface area contributed by atoms with E-state index in [0.717, 1.165) is 60.8 Å². The van der Waals surface area contributed by atoms with Crippen molar-refractivity contribution in [3.63, 3.8) is 0 Å². The number of imidazole rings is 1. The Kier molecular flexibility index (Phi) is 4.76. The maximum absolute atomic E-state index is 5.98. The van der Waals surface area contributed by atoms with Crippen LogP contribution in [0.25, 0.3) is 11.0 Å². The lowest BCUT2D eigenvalue weighted by molar-refractivity contribution is 0.0699. The zero-order chi connectivity index (χ0) is 17.1. The fraction of sp³-hybridized carbons (Fsp3) is 0.316. The molecule has 0 aliphatic carbocycles. The second-order valence-electron chi connectivity index (χ2n) is 6.26. The first-order valence-electron chi connectivity index (χ1n) is 8.50. The van der Waals surface area contributed by atoms with Gasteiger partial charge >= 0.3 is 0 Å². The Morgan fingerprint density at radius 2 is 1.96 bits per heavy atom. The summed E-state index contributed by atoms with van der Waals surface area (Å²) in [6.07, 6.45) is 3.89. The second-order valence-corrected chi connectivity index (χ2v) is 6.70. The summed E-state index contributed by atoms with van der Waals surface area (Å²) in [5.74, 6) is 2.13. The average molecular weight is 358 g/mol. The number of aromatic nitrogens is 2. The zero-order valence-corrected chi connectivity index (χ0v) is 14.6. The van der Waals surface area contributed by atoms with Crippen molar-refractivity contribution in [2.24, 2.45) is 5.92 Å².